The van der Waals surface area contributed by atoms with E-state index >= 15 is 0 Å². The molecule has 1 aromatic carbocycles. The van der Waals surface area contributed by atoms with Gasteiger partial charge in [0.05, 0.1) is 0 Å². The summed E-state index contributed by atoms with van der Waals surface area (Å²) in [5.74, 6) is -0.668. The first-order valence-electron chi connectivity index (χ1n) is 5.54. The molecule has 1 aromatic rings. The molecule has 1 saturated heterocycles. The molecule has 94 valence electrons. The number of nitrogens with zero attached hydrogens (tertiary/aromatic N) is 1. The van der Waals surface area contributed by atoms with Crippen molar-refractivity contribution in [3.05, 3.63) is 30.3 Å². The molecule has 1 atom stereocenters. The number of nitrogens with one attached hydrogen (secondary N) is 2. The fourth-order valence-electron chi connectivity index (χ4n) is 1.68. The monoisotopic (exact) mass is 263 g/mol. The van der Waals surface area contributed by atoms with E-state index in [0.717, 1.165) is 5.69 Å². The first-order chi connectivity index (χ1) is 8.58. The molecule has 0 aliphatic carbocycles. The smallest absolute Gasteiger partial charge is 0.249 e. The van der Waals surface area contributed by atoms with Crippen molar-refractivity contribution in [3.63, 3.8) is 0 Å². The van der Waals surface area contributed by atoms with Gasteiger partial charge < -0.3 is 10.2 Å². The molecule has 1 heterocycles. The van der Waals surface area contributed by atoms with Gasteiger partial charge in [-0.15, -0.1) is 0 Å². The van der Waals surface area contributed by atoms with Gasteiger partial charge in [-0.05, 0) is 31.3 Å². The second-order valence-corrected chi connectivity index (χ2v) is 4.40. The third kappa shape index (κ3) is 2.65. The second kappa shape index (κ2) is 5.14. The molecule has 0 aromatic heterocycles. The molecule has 0 bridgehead atoms. The maximum absolute atomic E-state index is 11.5. The number of carbonyl (C=O) groups excluding carboxylic acids is 2. The van der Waals surface area contributed by atoms with Gasteiger partial charge in [0.15, 0.2) is 5.11 Å². The lowest BCUT2D eigenvalue weighted by atomic mass is 10.2. The van der Waals surface area contributed by atoms with Crippen LogP contribution in [0.25, 0.3) is 0 Å². The number of hydrogen-bond donors (Lipinski definition) is 2. The minimum atomic E-state index is -0.452. The molecule has 2 N–H and O–H groups in total. The Kier molecular flexibility index (Phi) is 3.57. The number of thiocarbonyl (C=S) groups is 1. The van der Waals surface area contributed by atoms with Gasteiger partial charge in [0.2, 0.25) is 11.8 Å². The number of benzene rings is 1. The molecular weight excluding hydrogens is 250 g/mol. The van der Waals surface area contributed by atoms with Gasteiger partial charge in [-0.1, -0.05) is 18.2 Å². The fraction of sp³-hybridized carbons (Fsp3) is 0.250. The summed E-state index contributed by atoms with van der Waals surface area (Å²) in [4.78, 5) is 24.4. The molecule has 18 heavy (non-hydrogen) atoms. The zero-order valence-electron chi connectivity index (χ0n) is 9.84. The molecule has 2 rings (SSSR count). The van der Waals surface area contributed by atoms with E-state index in [2.05, 4.69) is 10.6 Å². The van der Waals surface area contributed by atoms with Crippen LogP contribution in [0.15, 0.2) is 30.3 Å². The Morgan fingerprint density at radius 3 is 2.72 bits per heavy atom. The Hall–Kier alpha value is -1.95. The Morgan fingerprint density at radius 1 is 1.39 bits per heavy atom. The molecule has 2 amide bonds. The first kappa shape index (κ1) is 12.5. The van der Waals surface area contributed by atoms with Crippen LogP contribution in [0.4, 0.5) is 5.69 Å². The van der Waals surface area contributed by atoms with Crippen LogP contribution >= 0.6 is 12.2 Å². The van der Waals surface area contributed by atoms with Crippen LogP contribution in [0.5, 0.6) is 0 Å². The number of rotatable bonds is 1. The zero-order valence-corrected chi connectivity index (χ0v) is 10.7. The van der Waals surface area contributed by atoms with Crippen LogP contribution in [0.1, 0.15) is 6.92 Å². The van der Waals surface area contributed by atoms with Crippen LogP contribution in [-0.4, -0.2) is 34.4 Å². The van der Waals surface area contributed by atoms with E-state index in [1.165, 1.54) is 0 Å². The van der Waals surface area contributed by atoms with E-state index in [-0.39, 0.29) is 18.4 Å². The lowest BCUT2D eigenvalue weighted by molar-refractivity contribution is -0.137. The average Bonchev–Trinajstić information content (AvgIpc) is 2.35. The van der Waals surface area contributed by atoms with Gasteiger partial charge in [-0.2, -0.15) is 0 Å². The molecule has 1 fully saturated rings. The topological polar surface area (TPSA) is 61.4 Å². The van der Waals surface area contributed by atoms with Crippen molar-refractivity contribution in [1.82, 2.24) is 10.2 Å². The number of imide groups is 1. The summed E-state index contributed by atoms with van der Waals surface area (Å²) in [7, 11) is 0. The van der Waals surface area contributed by atoms with E-state index in [1.807, 2.05) is 30.3 Å². The number of piperazine rings is 1. The number of amides is 2. The molecule has 1 unspecified atom stereocenters. The summed E-state index contributed by atoms with van der Waals surface area (Å²) < 4.78 is 0. The van der Waals surface area contributed by atoms with Crippen molar-refractivity contribution < 1.29 is 9.59 Å². The van der Waals surface area contributed by atoms with Crippen LogP contribution in [0.2, 0.25) is 0 Å². The average molecular weight is 263 g/mol. The van der Waals surface area contributed by atoms with Crippen molar-refractivity contribution in [2.45, 2.75) is 13.0 Å². The largest absolute Gasteiger partial charge is 0.333 e. The Labute approximate surface area is 110 Å². The van der Waals surface area contributed by atoms with E-state index in [9.17, 15) is 9.59 Å². The molecular formula is C12H13N3O2S. The van der Waals surface area contributed by atoms with Gasteiger partial charge in [-0.3, -0.25) is 14.9 Å². The Bertz CT molecular complexity index is 489. The van der Waals surface area contributed by atoms with E-state index in [0.29, 0.717) is 5.11 Å². The number of hydrogen-bond acceptors (Lipinski definition) is 3. The van der Waals surface area contributed by atoms with Crippen LogP contribution in [-0.2, 0) is 9.59 Å². The molecule has 0 saturated carbocycles. The van der Waals surface area contributed by atoms with Crippen molar-refractivity contribution >= 4 is 34.8 Å². The quantitative estimate of drug-likeness (QED) is 0.578. The van der Waals surface area contributed by atoms with Crippen LogP contribution < -0.4 is 10.6 Å². The van der Waals surface area contributed by atoms with Gasteiger partial charge in [-0.25, -0.2) is 0 Å². The molecule has 1 aliphatic rings. The second-order valence-electron chi connectivity index (χ2n) is 4.01. The molecule has 0 radical (unpaired) electrons. The maximum Gasteiger partial charge on any atom is 0.249 e. The predicted octanol–water partition coefficient (Wildman–Crippen LogP) is 0.730. The molecule has 6 heteroatoms. The Morgan fingerprint density at radius 2 is 2.06 bits per heavy atom. The summed E-state index contributed by atoms with van der Waals surface area (Å²) in [6.45, 7) is 1.80. The SMILES string of the molecule is CC1C(=O)NC(=O)CN1C(=S)Nc1ccccc1. The first-order valence-corrected chi connectivity index (χ1v) is 5.95. The summed E-state index contributed by atoms with van der Waals surface area (Å²) in [5, 5.41) is 5.65. The summed E-state index contributed by atoms with van der Waals surface area (Å²) in [6, 6.07) is 8.93. The van der Waals surface area contributed by atoms with Crippen molar-refractivity contribution in [2.24, 2.45) is 0 Å². The molecule has 1 aliphatic heterocycles. The highest BCUT2D eigenvalue weighted by Crippen LogP contribution is 2.10. The predicted molar refractivity (Wildman–Crippen MR) is 72.0 cm³/mol. The summed E-state index contributed by atoms with van der Waals surface area (Å²) >= 11 is 5.22. The summed E-state index contributed by atoms with van der Waals surface area (Å²) in [6.07, 6.45) is 0. The van der Waals surface area contributed by atoms with Crippen molar-refractivity contribution in [2.75, 3.05) is 11.9 Å². The number of anilines is 1. The Balaban J connectivity index is 2.08. The normalized spacial score (nSPS) is 19.4. The lowest BCUT2D eigenvalue weighted by Crippen LogP contribution is -2.59. The van der Waals surface area contributed by atoms with Crippen molar-refractivity contribution in [3.8, 4) is 0 Å². The van der Waals surface area contributed by atoms with Crippen molar-refractivity contribution in [1.29, 1.82) is 0 Å². The van der Waals surface area contributed by atoms with Crippen LogP contribution in [0, 0.1) is 0 Å². The summed E-state index contributed by atoms with van der Waals surface area (Å²) in [5.41, 5.74) is 0.827. The highest BCUT2D eigenvalue weighted by atomic mass is 32.1. The third-order valence-electron chi connectivity index (χ3n) is 2.71. The molecule has 5 nitrogen and oxygen atoms in total. The van der Waals surface area contributed by atoms with E-state index < -0.39 is 6.04 Å². The number of para-hydroxylation sites is 1. The highest BCUT2D eigenvalue weighted by molar-refractivity contribution is 7.80. The van der Waals surface area contributed by atoms with E-state index in [4.69, 9.17) is 12.2 Å². The van der Waals surface area contributed by atoms with Gasteiger partial charge in [0.25, 0.3) is 0 Å². The number of carbonyl (C=O) groups is 2. The molecule has 0 spiro atoms. The minimum Gasteiger partial charge on any atom is -0.333 e. The standard InChI is InChI=1S/C12H13N3O2S/c1-8-11(17)14-10(16)7-15(8)12(18)13-9-5-3-2-4-6-9/h2-6,8H,7H2,1H3,(H,13,18)(H,14,16,17). The minimum absolute atomic E-state index is 0.0889. The third-order valence-corrected chi connectivity index (χ3v) is 3.05. The van der Waals surface area contributed by atoms with Gasteiger partial charge in [0, 0.05) is 5.69 Å². The lowest BCUT2D eigenvalue weighted by Gasteiger charge is -2.33. The highest BCUT2D eigenvalue weighted by Gasteiger charge is 2.31. The maximum atomic E-state index is 11.5. The van der Waals surface area contributed by atoms with E-state index in [1.54, 1.807) is 11.8 Å². The van der Waals surface area contributed by atoms with Gasteiger partial charge in [0.1, 0.15) is 12.6 Å². The van der Waals surface area contributed by atoms with Gasteiger partial charge >= 0.3 is 0 Å². The van der Waals surface area contributed by atoms with Crippen LogP contribution in [0.3, 0.4) is 0 Å². The zero-order chi connectivity index (χ0) is 13.1. The fourth-order valence-corrected chi connectivity index (χ4v) is 2.02.